The molecule has 1 nitrogen and oxygen atoms in total. The summed E-state index contributed by atoms with van der Waals surface area (Å²) in [5.74, 6) is 0. The monoisotopic (exact) mass is 235 g/mol. The van der Waals surface area contributed by atoms with Crippen molar-refractivity contribution in [2.45, 2.75) is 47.7 Å². The van der Waals surface area contributed by atoms with Crippen molar-refractivity contribution in [2.75, 3.05) is 0 Å². The van der Waals surface area contributed by atoms with E-state index in [4.69, 9.17) is 0 Å². The standard InChI is InChI=1S/C8H8F3N.2C2H6/c1-5-3-6(2)12-7(4-5)8(9,10)11;2*1-2/h3-4H,1-2H3;2*1-2H3. The van der Waals surface area contributed by atoms with Gasteiger partial charge < -0.3 is 0 Å². The van der Waals surface area contributed by atoms with Gasteiger partial charge in [0.25, 0.3) is 0 Å². The van der Waals surface area contributed by atoms with Gasteiger partial charge in [-0.2, -0.15) is 13.2 Å². The number of alkyl halides is 3. The Hall–Kier alpha value is -1.06. The second kappa shape index (κ2) is 8.13. The van der Waals surface area contributed by atoms with Crippen LogP contribution in [0.25, 0.3) is 0 Å². The first-order valence-electron chi connectivity index (χ1n) is 5.42. The van der Waals surface area contributed by atoms with Crippen molar-refractivity contribution in [1.82, 2.24) is 4.98 Å². The third-order valence-electron chi connectivity index (χ3n) is 1.39. The molecule has 0 amide bonds. The average Bonchev–Trinajstić information content (AvgIpc) is 2.21. The summed E-state index contributed by atoms with van der Waals surface area (Å²) in [6.07, 6.45) is -4.34. The maximum atomic E-state index is 12.1. The predicted molar refractivity (Wildman–Crippen MR) is 61.4 cm³/mol. The minimum Gasteiger partial charge on any atom is -0.249 e. The zero-order chi connectivity index (χ0) is 13.4. The molecule has 1 aromatic rings. The zero-order valence-corrected chi connectivity index (χ0v) is 10.7. The van der Waals surface area contributed by atoms with E-state index in [-0.39, 0.29) is 0 Å². The van der Waals surface area contributed by atoms with Gasteiger partial charge >= 0.3 is 6.18 Å². The maximum Gasteiger partial charge on any atom is 0.433 e. The maximum absolute atomic E-state index is 12.1. The van der Waals surface area contributed by atoms with E-state index < -0.39 is 11.9 Å². The van der Waals surface area contributed by atoms with E-state index in [1.807, 2.05) is 27.7 Å². The topological polar surface area (TPSA) is 12.9 Å². The minimum atomic E-state index is -4.34. The third kappa shape index (κ3) is 6.43. The molecule has 1 aromatic heterocycles. The normalized spacial score (nSPS) is 9.56. The number of hydrogen-bond donors (Lipinski definition) is 0. The number of aromatic nitrogens is 1. The lowest BCUT2D eigenvalue weighted by molar-refractivity contribution is -0.141. The number of nitrogens with zero attached hydrogens (tertiary/aromatic N) is 1. The second-order valence-corrected chi connectivity index (χ2v) is 2.67. The Bertz CT molecular complexity index is 273. The Kier molecular flexibility index (Phi) is 8.81. The van der Waals surface area contributed by atoms with Crippen LogP contribution >= 0.6 is 0 Å². The van der Waals surface area contributed by atoms with Gasteiger partial charge in [-0.15, -0.1) is 0 Å². The summed E-state index contributed by atoms with van der Waals surface area (Å²) in [6, 6.07) is 2.64. The zero-order valence-electron chi connectivity index (χ0n) is 10.7. The van der Waals surface area contributed by atoms with Gasteiger partial charge in [0.05, 0.1) is 0 Å². The molecule has 0 aliphatic rings. The molecule has 0 unspecified atom stereocenters. The van der Waals surface area contributed by atoms with Gasteiger partial charge in [-0.25, -0.2) is 4.98 Å². The van der Waals surface area contributed by atoms with E-state index >= 15 is 0 Å². The minimum absolute atomic E-state index is 0.391. The second-order valence-electron chi connectivity index (χ2n) is 2.67. The van der Waals surface area contributed by atoms with E-state index in [0.29, 0.717) is 11.3 Å². The lowest BCUT2D eigenvalue weighted by Gasteiger charge is -2.06. The van der Waals surface area contributed by atoms with Gasteiger partial charge in [-0.1, -0.05) is 27.7 Å². The summed E-state index contributed by atoms with van der Waals surface area (Å²) in [5.41, 5.74) is 0.150. The van der Waals surface area contributed by atoms with Crippen LogP contribution < -0.4 is 0 Å². The molecular formula is C12H20F3N. The molecule has 4 heteroatoms. The lowest BCUT2D eigenvalue weighted by Crippen LogP contribution is -2.08. The fraction of sp³-hybridized carbons (Fsp3) is 0.583. The van der Waals surface area contributed by atoms with Crippen molar-refractivity contribution < 1.29 is 13.2 Å². The van der Waals surface area contributed by atoms with Crippen LogP contribution in [0.5, 0.6) is 0 Å². The molecule has 1 rings (SSSR count). The summed E-state index contributed by atoms with van der Waals surface area (Å²) in [7, 11) is 0. The smallest absolute Gasteiger partial charge is 0.249 e. The fourth-order valence-corrected chi connectivity index (χ4v) is 0.987. The first kappa shape index (κ1) is 17.3. The highest BCUT2D eigenvalue weighted by Gasteiger charge is 2.32. The van der Waals surface area contributed by atoms with E-state index in [0.717, 1.165) is 6.07 Å². The number of aryl methyl sites for hydroxylation is 2. The molecule has 0 aromatic carbocycles. The van der Waals surface area contributed by atoms with Crippen molar-refractivity contribution in [3.63, 3.8) is 0 Å². The molecule has 0 saturated heterocycles. The van der Waals surface area contributed by atoms with Gasteiger partial charge in [0.2, 0.25) is 0 Å². The highest BCUT2D eigenvalue weighted by Crippen LogP contribution is 2.28. The van der Waals surface area contributed by atoms with Crippen LogP contribution in [-0.4, -0.2) is 4.98 Å². The summed E-state index contributed by atoms with van der Waals surface area (Å²) >= 11 is 0. The lowest BCUT2D eigenvalue weighted by atomic mass is 10.2. The molecule has 0 spiro atoms. The highest BCUT2D eigenvalue weighted by molar-refractivity contribution is 5.21. The van der Waals surface area contributed by atoms with Gasteiger partial charge in [0.1, 0.15) is 5.69 Å². The molecule has 16 heavy (non-hydrogen) atoms. The largest absolute Gasteiger partial charge is 0.433 e. The van der Waals surface area contributed by atoms with Crippen molar-refractivity contribution >= 4 is 0 Å². The molecule has 0 atom stereocenters. The van der Waals surface area contributed by atoms with Crippen molar-refractivity contribution in [2.24, 2.45) is 0 Å². The van der Waals surface area contributed by atoms with Crippen molar-refractivity contribution in [3.8, 4) is 0 Å². The first-order chi connectivity index (χ1) is 7.39. The summed E-state index contributed by atoms with van der Waals surface area (Å²) in [5, 5.41) is 0. The Balaban J connectivity index is 0. The van der Waals surface area contributed by atoms with Crippen LogP contribution in [0.1, 0.15) is 44.6 Å². The number of pyridine rings is 1. The number of hydrogen-bond acceptors (Lipinski definition) is 1. The molecular weight excluding hydrogens is 215 g/mol. The summed E-state index contributed by atoms with van der Waals surface area (Å²) in [6.45, 7) is 11.2. The van der Waals surface area contributed by atoms with E-state index in [1.54, 1.807) is 19.9 Å². The number of halogens is 3. The van der Waals surface area contributed by atoms with Gasteiger partial charge in [-0.05, 0) is 31.5 Å². The highest BCUT2D eigenvalue weighted by atomic mass is 19.4. The Morgan fingerprint density at radius 1 is 0.938 bits per heavy atom. The molecule has 94 valence electrons. The van der Waals surface area contributed by atoms with Crippen LogP contribution in [0.4, 0.5) is 13.2 Å². The molecule has 0 N–H and O–H groups in total. The van der Waals surface area contributed by atoms with Gasteiger partial charge in [-0.3, -0.25) is 0 Å². The molecule has 0 radical (unpaired) electrons. The van der Waals surface area contributed by atoms with Crippen LogP contribution in [0.3, 0.4) is 0 Å². The van der Waals surface area contributed by atoms with E-state index in [1.165, 1.54) is 0 Å². The van der Waals surface area contributed by atoms with E-state index in [9.17, 15) is 13.2 Å². The summed E-state index contributed by atoms with van der Waals surface area (Å²) < 4.78 is 36.3. The van der Waals surface area contributed by atoms with Crippen LogP contribution in [0, 0.1) is 13.8 Å². The molecule has 1 heterocycles. The van der Waals surface area contributed by atoms with E-state index in [2.05, 4.69) is 4.98 Å². The van der Waals surface area contributed by atoms with Crippen molar-refractivity contribution in [1.29, 1.82) is 0 Å². The van der Waals surface area contributed by atoms with Crippen molar-refractivity contribution in [3.05, 3.63) is 29.1 Å². The first-order valence-corrected chi connectivity index (χ1v) is 5.42. The van der Waals surface area contributed by atoms with Gasteiger partial charge in [0.15, 0.2) is 0 Å². The molecule has 0 aliphatic carbocycles. The SMILES string of the molecule is CC.CC.Cc1cc(C)nc(C(F)(F)F)c1. The average molecular weight is 235 g/mol. The van der Waals surface area contributed by atoms with Crippen LogP contribution in [-0.2, 0) is 6.18 Å². The molecule has 0 saturated carbocycles. The van der Waals surface area contributed by atoms with Crippen LogP contribution in [0.2, 0.25) is 0 Å². The van der Waals surface area contributed by atoms with Crippen LogP contribution in [0.15, 0.2) is 12.1 Å². The van der Waals surface area contributed by atoms with Gasteiger partial charge in [0, 0.05) is 5.69 Å². The quantitative estimate of drug-likeness (QED) is 0.631. The Labute approximate surface area is 95.7 Å². The number of rotatable bonds is 0. The molecule has 0 fully saturated rings. The molecule has 0 aliphatic heterocycles. The Morgan fingerprint density at radius 3 is 1.69 bits per heavy atom. The molecule has 0 bridgehead atoms. The third-order valence-corrected chi connectivity index (χ3v) is 1.39. The summed E-state index contributed by atoms with van der Waals surface area (Å²) in [4.78, 5) is 3.38. The fourth-order valence-electron chi connectivity index (χ4n) is 0.987. The Morgan fingerprint density at radius 2 is 1.38 bits per heavy atom. The predicted octanol–water partition coefficient (Wildman–Crippen LogP) is 4.77.